The number of nitrogens with zero attached hydrogens (tertiary/aromatic N) is 1. The van der Waals surface area contributed by atoms with Crippen LogP contribution in [0, 0.1) is 16.7 Å². The molecule has 0 aromatic heterocycles. The van der Waals surface area contributed by atoms with Crippen molar-refractivity contribution in [2.24, 2.45) is 23.1 Å². The van der Waals surface area contributed by atoms with Crippen molar-refractivity contribution in [1.82, 2.24) is 4.90 Å². The molecular formula is C28H32N6O3. The minimum Gasteiger partial charge on any atom is -0.457 e. The Morgan fingerprint density at radius 3 is 1.62 bits per heavy atom. The zero-order chi connectivity index (χ0) is 26.4. The third-order valence-electron chi connectivity index (χ3n) is 6.41. The Morgan fingerprint density at radius 1 is 0.757 bits per heavy atom. The van der Waals surface area contributed by atoms with Gasteiger partial charge in [0, 0.05) is 35.8 Å². The molecule has 192 valence electrons. The van der Waals surface area contributed by atoms with Crippen molar-refractivity contribution in [3.05, 3.63) is 83.4 Å². The molecular weight excluding hydrogens is 468 g/mol. The van der Waals surface area contributed by atoms with E-state index in [-0.39, 0.29) is 17.6 Å². The normalized spacial score (nSPS) is 13.7. The van der Waals surface area contributed by atoms with Crippen LogP contribution in [-0.2, 0) is 0 Å². The molecule has 1 saturated heterocycles. The zero-order valence-corrected chi connectivity index (χ0v) is 20.6. The van der Waals surface area contributed by atoms with Crippen molar-refractivity contribution >= 4 is 17.6 Å². The monoisotopic (exact) mass is 500 g/mol. The highest BCUT2D eigenvalue weighted by atomic mass is 16.5. The summed E-state index contributed by atoms with van der Waals surface area (Å²) in [5, 5.41) is 15.1. The molecule has 0 aliphatic carbocycles. The third-order valence-corrected chi connectivity index (χ3v) is 6.41. The van der Waals surface area contributed by atoms with Crippen LogP contribution in [0.3, 0.4) is 0 Å². The summed E-state index contributed by atoms with van der Waals surface area (Å²) in [6.45, 7) is 2.03. The van der Waals surface area contributed by atoms with E-state index >= 15 is 0 Å². The van der Waals surface area contributed by atoms with Crippen molar-refractivity contribution < 1.29 is 14.3 Å². The van der Waals surface area contributed by atoms with Crippen LogP contribution in [0.25, 0.3) is 0 Å². The minimum atomic E-state index is -0.0830. The molecule has 1 heterocycles. The second kappa shape index (κ2) is 11.6. The summed E-state index contributed by atoms with van der Waals surface area (Å²) in [6.07, 6.45) is 2.86. The summed E-state index contributed by atoms with van der Waals surface area (Å²) in [6, 6.07) is 18.8. The summed E-state index contributed by atoms with van der Waals surface area (Å²) in [4.78, 5) is 15.3. The summed E-state index contributed by atoms with van der Waals surface area (Å²) >= 11 is 0. The number of nitrogen functional groups attached to an aromatic ring is 2. The van der Waals surface area contributed by atoms with Gasteiger partial charge in [-0.3, -0.25) is 15.6 Å². The number of nitrogens with two attached hydrogens (primary N) is 3. The van der Waals surface area contributed by atoms with E-state index in [4.69, 9.17) is 37.5 Å². The molecule has 0 bridgehead atoms. The minimum absolute atomic E-state index is 0.0270. The number of carbonyl (C=O) groups excluding carboxylic acids is 1. The molecule has 8 N–H and O–H groups in total. The molecule has 3 aromatic rings. The lowest BCUT2D eigenvalue weighted by atomic mass is 9.93. The highest BCUT2D eigenvalue weighted by molar-refractivity contribution is 5.96. The first-order valence-electron chi connectivity index (χ1n) is 12.2. The lowest BCUT2D eigenvalue weighted by molar-refractivity contribution is 0.0687. The predicted octanol–water partition coefficient (Wildman–Crippen LogP) is 4.04. The molecule has 0 saturated carbocycles. The van der Waals surface area contributed by atoms with E-state index in [0.717, 1.165) is 19.3 Å². The molecule has 1 fully saturated rings. The molecule has 1 amide bonds. The Hall–Kier alpha value is -4.37. The van der Waals surface area contributed by atoms with Crippen LogP contribution in [0.4, 0.5) is 0 Å². The van der Waals surface area contributed by atoms with E-state index in [1.54, 1.807) is 66.7 Å². The number of rotatable bonds is 9. The molecule has 0 spiro atoms. The first-order chi connectivity index (χ1) is 17.8. The number of amides is 1. The van der Waals surface area contributed by atoms with Gasteiger partial charge in [-0.2, -0.15) is 0 Å². The molecule has 1 aliphatic heterocycles. The summed E-state index contributed by atoms with van der Waals surface area (Å²) < 4.78 is 12.1. The van der Waals surface area contributed by atoms with Crippen LogP contribution in [0.15, 0.2) is 66.7 Å². The molecule has 9 nitrogen and oxygen atoms in total. The van der Waals surface area contributed by atoms with Gasteiger partial charge >= 0.3 is 0 Å². The predicted molar refractivity (Wildman–Crippen MR) is 144 cm³/mol. The van der Waals surface area contributed by atoms with E-state index < -0.39 is 0 Å². The van der Waals surface area contributed by atoms with Crippen LogP contribution >= 0.6 is 0 Å². The Morgan fingerprint density at radius 2 is 1.22 bits per heavy atom. The van der Waals surface area contributed by atoms with Crippen LogP contribution in [-0.4, -0.2) is 42.1 Å². The van der Waals surface area contributed by atoms with E-state index in [0.29, 0.717) is 65.2 Å². The van der Waals surface area contributed by atoms with Gasteiger partial charge in [0.2, 0.25) is 0 Å². The van der Waals surface area contributed by atoms with Crippen LogP contribution in [0.2, 0.25) is 0 Å². The fourth-order valence-corrected chi connectivity index (χ4v) is 4.33. The lowest BCUT2D eigenvalue weighted by Gasteiger charge is -2.32. The largest absolute Gasteiger partial charge is 0.457 e. The van der Waals surface area contributed by atoms with Gasteiger partial charge < -0.3 is 31.6 Å². The smallest absolute Gasteiger partial charge is 0.254 e. The zero-order valence-electron chi connectivity index (χ0n) is 20.6. The van der Waals surface area contributed by atoms with Gasteiger partial charge in [-0.05, 0) is 92.4 Å². The fourth-order valence-electron chi connectivity index (χ4n) is 4.33. The maximum Gasteiger partial charge on any atom is 0.254 e. The molecule has 37 heavy (non-hydrogen) atoms. The van der Waals surface area contributed by atoms with Gasteiger partial charge in [-0.25, -0.2) is 0 Å². The Bertz CT molecular complexity index is 1190. The van der Waals surface area contributed by atoms with Crippen LogP contribution < -0.4 is 26.7 Å². The van der Waals surface area contributed by atoms with Crippen LogP contribution in [0.1, 0.15) is 40.7 Å². The molecule has 4 rings (SSSR count). The maximum absolute atomic E-state index is 13.4. The average Bonchev–Trinajstić information content (AvgIpc) is 2.89. The number of nitrogens with one attached hydrogen (secondary N) is 2. The highest BCUT2D eigenvalue weighted by Crippen LogP contribution is 2.32. The van der Waals surface area contributed by atoms with E-state index in [2.05, 4.69) is 0 Å². The van der Waals surface area contributed by atoms with E-state index in [9.17, 15) is 4.79 Å². The number of hydrogen-bond donors (Lipinski definition) is 5. The molecule has 1 aliphatic rings. The Kier molecular flexibility index (Phi) is 8.05. The quantitative estimate of drug-likeness (QED) is 0.220. The molecule has 0 radical (unpaired) electrons. The van der Waals surface area contributed by atoms with Crippen molar-refractivity contribution in [2.45, 2.75) is 19.3 Å². The fraction of sp³-hybridized carbons (Fsp3) is 0.250. The summed E-state index contributed by atoms with van der Waals surface area (Å²) in [5.74, 6) is 2.37. The topological polar surface area (TPSA) is 165 Å². The second-order valence-electron chi connectivity index (χ2n) is 9.09. The number of hydrogen-bond acceptors (Lipinski definition) is 6. The Balaban J connectivity index is 1.59. The summed E-state index contributed by atoms with van der Waals surface area (Å²) in [7, 11) is 0. The first-order valence-corrected chi connectivity index (χ1v) is 12.2. The van der Waals surface area contributed by atoms with E-state index in [1.807, 2.05) is 4.90 Å². The number of ether oxygens (including phenoxy) is 2. The van der Waals surface area contributed by atoms with Gasteiger partial charge in [0.05, 0.1) is 0 Å². The third kappa shape index (κ3) is 6.65. The van der Waals surface area contributed by atoms with Crippen LogP contribution in [0.5, 0.6) is 23.0 Å². The Labute approximate surface area is 216 Å². The van der Waals surface area contributed by atoms with Crippen molar-refractivity contribution in [1.29, 1.82) is 10.8 Å². The number of benzene rings is 3. The van der Waals surface area contributed by atoms with Gasteiger partial charge in [0.25, 0.3) is 5.91 Å². The number of likely N-dealkylation sites (tertiary alicyclic amines) is 1. The van der Waals surface area contributed by atoms with Gasteiger partial charge in [-0.1, -0.05) is 0 Å². The summed E-state index contributed by atoms with van der Waals surface area (Å²) in [5.41, 5.74) is 18.4. The van der Waals surface area contributed by atoms with Crippen molar-refractivity contribution in [3.8, 4) is 23.0 Å². The average molecular weight is 501 g/mol. The first kappa shape index (κ1) is 25.7. The SMILES string of the molecule is N=C(N)c1ccc(Oc2cc(Oc3ccc(C(=N)N)cc3)cc(C(=O)N3CCC(CCN)CC3)c2)cc1. The number of piperidine rings is 1. The molecule has 0 atom stereocenters. The molecule has 0 unspecified atom stereocenters. The van der Waals surface area contributed by atoms with Crippen molar-refractivity contribution in [2.75, 3.05) is 19.6 Å². The molecule has 3 aromatic carbocycles. The maximum atomic E-state index is 13.4. The number of amidine groups is 2. The lowest BCUT2D eigenvalue weighted by Crippen LogP contribution is -2.38. The highest BCUT2D eigenvalue weighted by Gasteiger charge is 2.24. The van der Waals surface area contributed by atoms with Gasteiger partial charge in [-0.15, -0.1) is 0 Å². The van der Waals surface area contributed by atoms with Gasteiger partial charge in [0.1, 0.15) is 34.7 Å². The van der Waals surface area contributed by atoms with Crippen molar-refractivity contribution in [3.63, 3.8) is 0 Å². The standard InChI is InChI=1S/C28H32N6O3/c29-12-9-18-10-13-34(14-11-18)28(35)21-15-24(36-22-5-1-19(2-6-22)26(30)31)17-25(16-21)37-23-7-3-20(4-8-23)27(32)33/h1-8,15-18H,9-14,29H2,(H3,30,31)(H3,32,33). The van der Waals surface area contributed by atoms with E-state index in [1.165, 1.54) is 0 Å². The number of carbonyl (C=O) groups is 1. The second-order valence-corrected chi connectivity index (χ2v) is 9.09. The van der Waals surface area contributed by atoms with Gasteiger partial charge in [0.15, 0.2) is 0 Å². The molecule has 9 heteroatoms.